The Morgan fingerprint density at radius 1 is 1.42 bits per heavy atom. The Hall–Kier alpha value is -0.800. The Balaban J connectivity index is 2.21. The highest BCUT2D eigenvalue weighted by Gasteiger charge is 2.22. The summed E-state index contributed by atoms with van der Waals surface area (Å²) in [5, 5.41) is 2.37. The highest BCUT2D eigenvalue weighted by Crippen LogP contribution is 2.23. The molecular formula is C8H14FNO2. The first-order chi connectivity index (χ1) is 5.72. The first-order valence-electron chi connectivity index (χ1n) is 4.25. The number of hydrogen-bond donors (Lipinski definition) is 1. The maximum atomic E-state index is 12.6. The molecule has 4 heteroatoms. The quantitative estimate of drug-likeness (QED) is 0.657. The van der Waals surface area contributed by atoms with Crippen LogP contribution in [-0.2, 0) is 4.74 Å². The Labute approximate surface area is 71.3 Å². The van der Waals surface area contributed by atoms with Crippen LogP contribution in [-0.4, -0.2) is 25.4 Å². The minimum Gasteiger partial charge on any atom is -0.446 e. The number of hydrogen-bond acceptors (Lipinski definition) is 2. The molecule has 70 valence electrons. The van der Waals surface area contributed by atoms with Gasteiger partial charge in [0.05, 0.1) is 0 Å². The molecular weight excluding hydrogens is 161 g/mol. The number of rotatable bonds is 1. The molecule has 1 aliphatic carbocycles. The third kappa shape index (κ3) is 2.68. The van der Waals surface area contributed by atoms with Crippen LogP contribution in [0.25, 0.3) is 0 Å². The molecule has 1 saturated carbocycles. The lowest BCUT2D eigenvalue weighted by molar-refractivity contribution is 0.0586. The van der Waals surface area contributed by atoms with Gasteiger partial charge < -0.3 is 10.1 Å². The summed E-state index contributed by atoms with van der Waals surface area (Å²) in [5.74, 6) is 0. The van der Waals surface area contributed by atoms with E-state index in [1.54, 1.807) is 0 Å². The third-order valence-electron chi connectivity index (χ3n) is 2.08. The van der Waals surface area contributed by atoms with E-state index in [4.69, 9.17) is 4.74 Å². The van der Waals surface area contributed by atoms with E-state index in [0.29, 0.717) is 25.7 Å². The summed E-state index contributed by atoms with van der Waals surface area (Å²) in [5.41, 5.74) is 0. The summed E-state index contributed by atoms with van der Waals surface area (Å²) in [6, 6.07) is 0. The molecule has 1 amide bonds. The normalized spacial score (nSPS) is 29.5. The molecule has 12 heavy (non-hydrogen) atoms. The zero-order valence-corrected chi connectivity index (χ0v) is 7.18. The van der Waals surface area contributed by atoms with Crippen molar-refractivity contribution < 1.29 is 13.9 Å². The standard InChI is InChI=1S/C8H14FNO2/c1-10-8(11)12-7-4-2-6(9)3-5-7/h6-7H,2-5H2,1H3,(H,10,11). The fraction of sp³-hybridized carbons (Fsp3) is 0.875. The second-order valence-electron chi connectivity index (χ2n) is 3.03. The van der Waals surface area contributed by atoms with Crippen molar-refractivity contribution in [2.45, 2.75) is 38.0 Å². The van der Waals surface area contributed by atoms with Crippen molar-refractivity contribution >= 4 is 6.09 Å². The van der Waals surface area contributed by atoms with E-state index in [0.717, 1.165) is 0 Å². The van der Waals surface area contributed by atoms with Gasteiger partial charge in [-0.2, -0.15) is 0 Å². The number of halogens is 1. The molecule has 0 atom stereocenters. The Morgan fingerprint density at radius 2 is 2.00 bits per heavy atom. The van der Waals surface area contributed by atoms with Gasteiger partial charge in [-0.1, -0.05) is 0 Å². The molecule has 0 aromatic heterocycles. The van der Waals surface area contributed by atoms with Gasteiger partial charge in [-0.05, 0) is 25.7 Å². The first-order valence-corrected chi connectivity index (χ1v) is 4.25. The summed E-state index contributed by atoms with van der Waals surface area (Å²) >= 11 is 0. The summed E-state index contributed by atoms with van der Waals surface area (Å²) in [6.07, 6.45) is 1.12. The summed E-state index contributed by atoms with van der Waals surface area (Å²) < 4.78 is 17.6. The number of nitrogens with one attached hydrogen (secondary N) is 1. The lowest BCUT2D eigenvalue weighted by atomic mass is 9.96. The zero-order valence-electron chi connectivity index (χ0n) is 7.18. The van der Waals surface area contributed by atoms with Crippen LogP contribution in [0, 0.1) is 0 Å². The second-order valence-corrected chi connectivity index (χ2v) is 3.03. The molecule has 0 radical (unpaired) electrons. The SMILES string of the molecule is CNC(=O)OC1CCC(F)CC1. The van der Waals surface area contributed by atoms with Crippen molar-refractivity contribution in [1.82, 2.24) is 5.32 Å². The molecule has 1 fully saturated rings. The highest BCUT2D eigenvalue weighted by molar-refractivity contribution is 5.66. The van der Waals surface area contributed by atoms with E-state index in [9.17, 15) is 9.18 Å². The van der Waals surface area contributed by atoms with Crippen LogP contribution in [0.2, 0.25) is 0 Å². The molecule has 0 spiro atoms. The molecule has 0 bridgehead atoms. The number of carbonyl (C=O) groups excluding carboxylic acids is 1. The molecule has 1 N–H and O–H groups in total. The van der Waals surface area contributed by atoms with Gasteiger partial charge in [0.1, 0.15) is 12.3 Å². The Bertz CT molecular complexity index is 155. The van der Waals surface area contributed by atoms with Crippen LogP contribution in [0.5, 0.6) is 0 Å². The van der Waals surface area contributed by atoms with Gasteiger partial charge in [-0.25, -0.2) is 9.18 Å². The van der Waals surface area contributed by atoms with Gasteiger partial charge in [-0.3, -0.25) is 0 Å². The lowest BCUT2D eigenvalue weighted by Gasteiger charge is -2.23. The van der Waals surface area contributed by atoms with Crippen molar-refractivity contribution in [3.63, 3.8) is 0 Å². The molecule has 0 aliphatic heterocycles. The van der Waals surface area contributed by atoms with Crippen molar-refractivity contribution in [3.05, 3.63) is 0 Å². The highest BCUT2D eigenvalue weighted by atomic mass is 19.1. The Morgan fingerprint density at radius 3 is 2.50 bits per heavy atom. The molecule has 1 aliphatic rings. The molecule has 3 nitrogen and oxygen atoms in total. The largest absolute Gasteiger partial charge is 0.446 e. The van der Waals surface area contributed by atoms with Crippen LogP contribution in [0.4, 0.5) is 9.18 Å². The molecule has 0 aromatic carbocycles. The van der Waals surface area contributed by atoms with E-state index < -0.39 is 12.3 Å². The van der Waals surface area contributed by atoms with Crippen LogP contribution in [0.1, 0.15) is 25.7 Å². The Kier molecular flexibility index (Phi) is 3.31. The van der Waals surface area contributed by atoms with Crippen LogP contribution in [0.15, 0.2) is 0 Å². The van der Waals surface area contributed by atoms with Crippen molar-refractivity contribution in [1.29, 1.82) is 0 Å². The van der Waals surface area contributed by atoms with Crippen molar-refractivity contribution in [2.24, 2.45) is 0 Å². The van der Waals surface area contributed by atoms with Crippen LogP contribution >= 0.6 is 0 Å². The van der Waals surface area contributed by atoms with Crippen molar-refractivity contribution in [3.8, 4) is 0 Å². The fourth-order valence-electron chi connectivity index (χ4n) is 1.35. The number of alkyl halides is 1. The number of carbonyl (C=O) groups is 1. The molecule has 0 heterocycles. The van der Waals surface area contributed by atoms with Crippen LogP contribution < -0.4 is 5.32 Å². The number of ether oxygens (including phenoxy) is 1. The summed E-state index contributed by atoms with van der Waals surface area (Å²) in [6.45, 7) is 0. The van der Waals surface area contributed by atoms with E-state index in [-0.39, 0.29) is 6.10 Å². The topological polar surface area (TPSA) is 38.3 Å². The van der Waals surface area contributed by atoms with Gasteiger partial charge in [0.2, 0.25) is 0 Å². The molecule has 0 unspecified atom stereocenters. The third-order valence-corrected chi connectivity index (χ3v) is 2.08. The second kappa shape index (κ2) is 4.28. The van der Waals surface area contributed by atoms with Crippen LogP contribution in [0.3, 0.4) is 0 Å². The van der Waals surface area contributed by atoms with E-state index in [2.05, 4.69) is 5.32 Å². The van der Waals surface area contributed by atoms with E-state index in [1.807, 2.05) is 0 Å². The number of alkyl carbamates (subject to hydrolysis) is 1. The van der Waals surface area contributed by atoms with Gasteiger partial charge in [-0.15, -0.1) is 0 Å². The van der Waals surface area contributed by atoms with Gasteiger partial charge in [0, 0.05) is 7.05 Å². The molecule has 1 rings (SSSR count). The number of amides is 1. The van der Waals surface area contributed by atoms with Gasteiger partial charge in [0.15, 0.2) is 0 Å². The fourth-order valence-corrected chi connectivity index (χ4v) is 1.35. The lowest BCUT2D eigenvalue weighted by Crippen LogP contribution is -2.29. The minimum absolute atomic E-state index is 0.0862. The first kappa shape index (κ1) is 9.29. The molecule has 0 saturated heterocycles. The maximum Gasteiger partial charge on any atom is 0.407 e. The van der Waals surface area contributed by atoms with E-state index >= 15 is 0 Å². The predicted octanol–water partition coefficient (Wildman–Crippen LogP) is 1.62. The maximum absolute atomic E-state index is 12.6. The predicted molar refractivity (Wildman–Crippen MR) is 42.7 cm³/mol. The van der Waals surface area contributed by atoms with Gasteiger partial charge in [0.25, 0.3) is 0 Å². The average Bonchev–Trinajstić information content (AvgIpc) is 2.09. The summed E-state index contributed by atoms with van der Waals surface area (Å²) in [7, 11) is 1.52. The van der Waals surface area contributed by atoms with Gasteiger partial charge >= 0.3 is 6.09 Å². The van der Waals surface area contributed by atoms with Crippen molar-refractivity contribution in [2.75, 3.05) is 7.05 Å². The molecule has 0 aromatic rings. The summed E-state index contributed by atoms with van der Waals surface area (Å²) in [4.78, 5) is 10.7. The minimum atomic E-state index is -0.700. The monoisotopic (exact) mass is 175 g/mol. The van der Waals surface area contributed by atoms with E-state index in [1.165, 1.54) is 7.05 Å². The smallest absolute Gasteiger partial charge is 0.407 e. The average molecular weight is 175 g/mol. The zero-order chi connectivity index (χ0) is 8.97.